The van der Waals surface area contributed by atoms with Crippen molar-refractivity contribution in [2.24, 2.45) is 0 Å². The fourth-order valence-electron chi connectivity index (χ4n) is 1.68. The molecule has 0 aliphatic heterocycles. The van der Waals surface area contributed by atoms with Crippen LogP contribution in [0, 0.1) is 10.1 Å². The van der Waals surface area contributed by atoms with Crippen LogP contribution in [-0.2, 0) is 0 Å². The maximum atomic E-state index is 12.0. The van der Waals surface area contributed by atoms with Gasteiger partial charge in [-0.3, -0.25) is 14.9 Å². The fraction of sp³-hybridized carbons (Fsp3) is 0.500. The van der Waals surface area contributed by atoms with Crippen LogP contribution in [0.5, 0.6) is 0 Å². The molecule has 0 radical (unpaired) electrons. The Labute approximate surface area is 132 Å². The Kier molecular flexibility index (Phi) is 6.77. The summed E-state index contributed by atoms with van der Waals surface area (Å²) in [7, 11) is 2.03. The number of non-ortho nitro benzene ring substituents is 1. The van der Waals surface area contributed by atoms with Gasteiger partial charge in [0.25, 0.3) is 11.6 Å². The number of nitro groups is 1. The number of nitrogens with zero attached hydrogens (tertiary/aromatic N) is 2. The van der Waals surface area contributed by atoms with Crippen LogP contribution in [0.15, 0.2) is 22.7 Å². The summed E-state index contributed by atoms with van der Waals surface area (Å²) in [4.78, 5) is 24.5. The maximum Gasteiger partial charge on any atom is 0.270 e. The zero-order valence-corrected chi connectivity index (χ0v) is 14.0. The molecule has 0 aliphatic rings. The van der Waals surface area contributed by atoms with Crippen LogP contribution in [0.4, 0.5) is 5.69 Å². The lowest BCUT2D eigenvalue weighted by molar-refractivity contribution is -0.384. The third kappa shape index (κ3) is 5.43. The minimum absolute atomic E-state index is 0.0945. The zero-order chi connectivity index (χ0) is 16.0. The molecule has 21 heavy (non-hydrogen) atoms. The van der Waals surface area contributed by atoms with Crippen molar-refractivity contribution in [1.29, 1.82) is 0 Å². The molecule has 1 rings (SSSR count). The number of amides is 1. The molecule has 0 aromatic heterocycles. The Hall–Kier alpha value is -1.47. The monoisotopic (exact) mass is 357 g/mol. The molecule has 0 atom stereocenters. The lowest BCUT2D eigenvalue weighted by Crippen LogP contribution is -2.31. The van der Waals surface area contributed by atoms with Crippen molar-refractivity contribution in [3.05, 3.63) is 38.3 Å². The molecule has 0 unspecified atom stereocenters. The van der Waals surface area contributed by atoms with E-state index in [0.717, 1.165) is 13.0 Å². The van der Waals surface area contributed by atoms with Gasteiger partial charge in [0, 0.05) is 29.2 Å². The number of benzene rings is 1. The molecular weight excluding hydrogens is 338 g/mol. The van der Waals surface area contributed by atoms with Gasteiger partial charge in [0.15, 0.2) is 0 Å². The van der Waals surface area contributed by atoms with Crippen LogP contribution < -0.4 is 5.32 Å². The van der Waals surface area contributed by atoms with Crippen LogP contribution >= 0.6 is 15.9 Å². The quantitative estimate of drug-likeness (QED) is 0.462. The standard InChI is InChI=1S/C14H20BrN3O3/c1-10(2)17(3)8-4-7-16-14(19)12-9-11(18(20)21)5-6-13(12)15/h5-6,9-10H,4,7-8H2,1-3H3,(H,16,19). The van der Waals surface area contributed by atoms with Gasteiger partial charge in [0.05, 0.1) is 10.5 Å². The summed E-state index contributed by atoms with van der Waals surface area (Å²) < 4.78 is 0.546. The van der Waals surface area contributed by atoms with Gasteiger partial charge in [-0.15, -0.1) is 0 Å². The van der Waals surface area contributed by atoms with Crippen molar-refractivity contribution in [2.45, 2.75) is 26.3 Å². The molecule has 0 saturated heterocycles. The largest absolute Gasteiger partial charge is 0.352 e. The summed E-state index contributed by atoms with van der Waals surface area (Å²) in [6.45, 7) is 5.64. The Morgan fingerprint density at radius 2 is 2.14 bits per heavy atom. The average Bonchev–Trinajstić information content (AvgIpc) is 2.43. The highest BCUT2D eigenvalue weighted by atomic mass is 79.9. The van der Waals surface area contributed by atoms with Gasteiger partial charge in [-0.1, -0.05) is 0 Å². The lowest BCUT2D eigenvalue weighted by atomic mass is 10.2. The summed E-state index contributed by atoms with van der Waals surface area (Å²) in [5.74, 6) is -0.308. The van der Waals surface area contributed by atoms with Crippen LogP contribution in [0.2, 0.25) is 0 Å². The third-order valence-corrected chi connectivity index (χ3v) is 3.95. The molecule has 0 heterocycles. The summed E-state index contributed by atoms with van der Waals surface area (Å²) >= 11 is 3.24. The number of carbonyl (C=O) groups is 1. The van der Waals surface area contributed by atoms with E-state index in [9.17, 15) is 14.9 Å². The number of halogens is 1. The topological polar surface area (TPSA) is 75.5 Å². The van der Waals surface area contributed by atoms with Crippen molar-refractivity contribution < 1.29 is 9.72 Å². The second-order valence-electron chi connectivity index (χ2n) is 5.11. The molecule has 0 bridgehead atoms. The average molecular weight is 358 g/mol. The van der Waals surface area contributed by atoms with Crippen molar-refractivity contribution in [2.75, 3.05) is 20.1 Å². The van der Waals surface area contributed by atoms with E-state index in [-0.39, 0.29) is 17.2 Å². The Bertz CT molecular complexity index is 520. The van der Waals surface area contributed by atoms with Crippen molar-refractivity contribution >= 4 is 27.5 Å². The second-order valence-corrected chi connectivity index (χ2v) is 5.96. The fourth-order valence-corrected chi connectivity index (χ4v) is 2.11. The Morgan fingerprint density at radius 1 is 1.48 bits per heavy atom. The van der Waals surface area contributed by atoms with Gasteiger partial charge in [0.2, 0.25) is 0 Å². The van der Waals surface area contributed by atoms with E-state index >= 15 is 0 Å². The predicted octanol–water partition coefficient (Wildman–Crippen LogP) is 2.82. The molecule has 116 valence electrons. The highest BCUT2D eigenvalue weighted by molar-refractivity contribution is 9.10. The van der Waals surface area contributed by atoms with Crippen LogP contribution in [0.1, 0.15) is 30.6 Å². The number of hydrogen-bond donors (Lipinski definition) is 1. The Balaban J connectivity index is 2.56. The Morgan fingerprint density at radius 3 is 2.71 bits per heavy atom. The minimum Gasteiger partial charge on any atom is -0.352 e. The molecule has 7 heteroatoms. The van der Waals surface area contributed by atoms with Crippen molar-refractivity contribution in [3.63, 3.8) is 0 Å². The number of hydrogen-bond acceptors (Lipinski definition) is 4. The van der Waals surface area contributed by atoms with E-state index in [1.165, 1.54) is 18.2 Å². The highest BCUT2D eigenvalue weighted by Gasteiger charge is 2.15. The first-order valence-corrected chi connectivity index (χ1v) is 7.54. The molecule has 0 fully saturated rings. The van der Waals surface area contributed by atoms with Gasteiger partial charge < -0.3 is 10.2 Å². The highest BCUT2D eigenvalue weighted by Crippen LogP contribution is 2.22. The number of nitrogens with one attached hydrogen (secondary N) is 1. The SMILES string of the molecule is CC(C)N(C)CCCNC(=O)c1cc([N+](=O)[O-])ccc1Br. The van der Waals surface area contributed by atoms with Crippen LogP contribution in [-0.4, -0.2) is 41.9 Å². The number of carbonyl (C=O) groups excluding carboxylic acids is 1. The van der Waals surface area contributed by atoms with Crippen LogP contribution in [0.3, 0.4) is 0 Å². The van der Waals surface area contributed by atoms with E-state index in [0.29, 0.717) is 17.1 Å². The van der Waals surface area contributed by atoms with E-state index in [1.807, 2.05) is 7.05 Å². The number of rotatable bonds is 7. The summed E-state index contributed by atoms with van der Waals surface area (Å²) in [6, 6.07) is 4.61. The second kappa shape index (κ2) is 8.09. The molecule has 6 nitrogen and oxygen atoms in total. The summed E-state index contributed by atoms with van der Waals surface area (Å²) in [5, 5.41) is 13.5. The first-order chi connectivity index (χ1) is 9.82. The molecule has 0 aliphatic carbocycles. The first-order valence-electron chi connectivity index (χ1n) is 6.75. The molecule has 0 spiro atoms. The normalized spacial score (nSPS) is 11.0. The first kappa shape index (κ1) is 17.6. The third-order valence-electron chi connectivity index (χ3n) is 3.26. The van der Waals surface area contributed by atoms with E-state index < -0.39 is 4.92 Å². The zero-order valence-electron chi connectivity index (χ0n) is 12.4. The van der Waals surface area contributed by atoms with Gasteiger partial charge in [-0.2, -0.15) is 0 Å². The number of nitro benzene ring substituents is 1. The molecule has 1 N–H and O–H groups in total. The minimum atomic E-state index is -0.513. The lowest BCUT2D eigenvalue weighted by Gasteiger charge is -2.20. The van der Waals surface area contributed by atoms with Crippen molar-refractivity contribution in [1.82, 2.24) is 10.2 Å². The van der Waals surface area contributed by atoms with Gasteiger partial charge in [-0.25, -0.2) is 0 Å². The van der Waals surface area contributed by atoms with Gasteiger partial charge in [-0.05, 0) is 55.9 Å². The van der Waals surface area contributed by atoms with Crippen molar-refractivity contribution in [3.8, 4) is 0 Å². The summed E-state index contributed by atoms with van der Waals surface area (Å²) in [5.41, 5.74) is 0.185. The summed E-state index contributed by atoms with van der Waals surface area (Å²) in [6.07, 6.45) is 0.826. The molecule has 1 amide bonds. The van der Waals surface area contributed by atoms with E-state index in [4.69, 9.17) is 0 Å². The van der Waals surface area contributed by atoms with E-state index in [1.54, 1.807) is 0 Å². The van der Waals surface area contributed by atoms with E-state index in [2.05, 4.69) is 40.0 Å². The van der Waals surface area contributed by atoms with Crippen LogP contribution in [0.25, 0.3) is 0 Å². The molecule has 1 aromatic rings. The molecule has 0 saturated carbocycles. The smallest absolute Gasteiger partial charge is 0.270 e. The van der Waals surface area contributed by atoms with Gasteiger partial charge in [0.1, 0.15) is 0 Å². The molecule has 1 aromatic carbocycles. The predicted molar refractivity (Wildman–Crippen MR) is 85.5 cm³/mol. The maximum absolute atomic E-state index is 12.0. The molecular formula is C14H20BrN3O3. The van der Waals surface area contributed by atoms with Gasteiger partial charge >= 0.3 is 0 Å².